The minimum Gasteiger partial charge on any atom is -0.398 e. The largest absolute Gasteiger partial charge is 0.398 e. The normalized spacial score (nSPS) is 10.0. The molecule has 0 saturated heterocycles. The number of nitro groups is 1. The molecule has 0 bridgehead atoms. The highest BCUT2D eigenvalue weighted by Gasteiger charge is 2.14. The molecule has 0 aliphatic heterocycles. The van der Waals surface area contributed by atoms with Crippen molar-refractivity contribution in [2.24, 2.45) is 5.73 Å². The van der Waals surface area contributed by atoms with Gasteiger partial charge in [0.05, 0.1) is 10.5 Å². The van der Waals surface area contributed by atoms with Gasteiger partial charge in [0.1, 0.15) is 0 Å². The maximum absolute atomic E-state index is 11.8. The van der Waals surface area contributed by atoms with E-state index in [2.05, 4.69) is 5.32 Å². The second-order valence-electron chi connectivity index (χ2n) is 4.21. The number of primary amides is 1. The number of hydrogen-bond donors (Lipinski definition) is 3. The molecule has 0 heterocycles. The van der Waals surface area contributed by atoms with Crippen LogP contribution in [0.15, 0.2) is 18.2 Å². The minimum absolute atomic E-state index is 0.0640. The topological polar surface area (TPSA) is 141 Å². The van der Waals surface area contributed by atoms with Crippen LogP contribution >= 0.6 is 0 Å². The van der Waals surface area contributed by atoms with Crippen molar-refractivity contribution >= 4 is 23.2 Å². The predicted molar refractivity (Wildman–Crippen MR) is 72.9 cm³/mol. The van der Waals surface area contributed by atoms with Gasteiger partial charge in [-0.15, -0.1) is 0 Å². The summed E-state index contributed by atoms with van der Waals surface area (Å²) < 4.78 is 0. The standard InChI is InChI=1S/C12H16N4O4/c13-10-5-4-8(16(19)20)7-9(10)12(18)15-6-2-1-3-11(14)17/h4-5,7H,1-3,6,13H2,(H2,14,17)(H,15,18). The molecule has 20 heavy (non-hydrogen) atoms. The molecule has 2 amide bonds. The van der Waals surface area contributed by atoms with Gasteiger partial charge in [-0.2, -0.15) is 0 Å². The van der Waals surface area contributed by atoms with Crippen LogP contribution in [-0.2, 0) is 4.79 Å². The third kappa shape index (κ3) is 4.56. The van der Waals surface area contributed by atoms with Crippen molar-refractivity contribution in [2.75, 3.05) is 12.3 Å². The van der Waals surface area contributed by atoms with E-state index in [0.717, 1.165) is 6.07 Å². The van der Waals surface area contributed by atoms with Crippen LogP contribution in [0.25, 0.3) is 0 Å². The maximum Gasteiger partial charge on any atom is 0.270 e. The second kappa shape index (κ2) is 7.07. The van der Waals surface area contributed by atoms with Crippen LogP contribution in [0.5, 0.6) is 0 Å². The summed E-state index contributed by atoms with van der Waals surface area (Å²) in [5.41, 5.74) is 10.6. The number of non-ortho nitro benzene ring substituents is 1. The van der Waals surface area contributed by atoms with E-state index in [1.807, 2.05) is 0 Å². The van der Waals surface area contributed by atoms with Crippen LogP contribution in [0, 0.1) is 10.1 Å². The lowest BCUT2D eigenvalue weighted by Crippen LogP contribution is -2.25. The van der Waals surface area contributed by atoms with E-state index in [9.17, 15) is 19.7 Å². The van der Waals surface area contributed by atoms with E-state index < -0.39 is 10.8 Å². The molecule has 0 saturated carbocycles. The lowest BCUT2D eigenvalue weighted by atomic mass is 10.1. The molecule has 0 aliphatic rings. The Morgan fingerprint density at radius 1 is 1.30 bits per heavy atom. The first kappa shape index (κ1) is 15.4. The molecule has 1 aromatic carbocycles. The van der Waals surface area contributed by atoms with Crippen LogP contribution in [-0.4, -0.2) is 23.3 Å². The van der Waals surface area contributed by atoms with Crippen molar-refractivity contribution < 1.29 is 14.5 Å². The van der Waals surface area contributed by atoms with Crippen molar-refractivity contribution in [1.29, 1.82) is 0 Å². The Kier molecular flexibility index (Phi) is 5.45. The summed E-state index contributed by atoms with van der Waals surface area (Å²) in [7, 11) is 0. The Morgan fingerprint density at radius 2 is 2.00 bits per heavy atom. The highest BCUT2D eigenvalue weighted by molar-refractivity contribution is 5.99. The first-order chi connectivity index (χ1) is 9.41. The van der Waals surface area contributed by atoms with Crippen LogP contribution < -0.4 is 16.8 Å². The maximum atomic E-state index is 11.8. The predicted octanol–water partition coefficient (Wildman–Crippen LogP) is 0.562. The Hall–Kier alpha value is -2.64. The molecule has 0 radical (unpaired) electrons. The third-order valence-electron chi connectivity index (χ3n) is 2.63. The van der Waals surface area contributed by atoms with Crippen molar-refractivity contribution in [3.8, 4) is 0 Å². The molecule has 0 atom stereocenters. The van der Waals surface area contributed by atoms with E-state index in [-0.39, 0.29) is 29.3 Å². The zero-order chi connectivity index (χ0) is 15.1. The Morgan fingerprint density at radius 3 is 2.60 bits per heavy atom. The van der Waals surface area contributed by atoms with Gasteiger partial charge in [-0.05, 0) is 18.9 Å². The molecule has 1 aromatic rings. The van der Waals surface area contributed by atoms with Crippen LogP contribution in [0.2, 0.25) is 0 Å². The fraction of sp³-hybridized carbons (Fsp3) is 0.333. The lowest BCUT2D eigenvalue weighted by Gasteiger charge is -2.07. The smallest absolute Gasteiger partial charge is 0.270 e. The SMILES string of the molecule is NC(=O)CCCCNC(=O)c1cc([N+](=O)[O-])ccc1N. The number of carbonyl (C=O) groups is 2. The second-order valence-corrected chi connectivity index (χ2v) is 4.21. The zero-order valence-electron chi connectivity index (χ0n) is 10.8. The minimum atomic E-state index is -0.594. The molecule has 8 heteroatoms. The number of hydrogen-bond acceptors (Lipinski definition) is 5. The summed E-state index contributed by atoms with van der Waals surface area (Å²) in [5, 5.41) is 13.2. The van der Waals surface area contributed by atoms with E-state index in [1.165, 1.54) is 12.1 Å². The first-order valence-corrected chi connectivity index (χ1v) is 6.02. The number of anilines is 1. The van der Waals surface area contributed by atoms with E-state index in [0.29, 0.717) is 19.4 Å². The zero-order valence-corrected chi connectivity index (χ0v) is 10.8. The molecular weight excluding hydrogens is 264 g/mol. The number of amides is 2. The Bertz CT molecular complexity index is 530. The van der Waals surface area contributed by atoms with Crippen LogP contribution in [0.1, 0.15) is 29.6 Å². The Labute approximate surface area is 115 Å². The van der Waals surface area contributed by atoms with Gasteiger partial charge in [0.25, 0.3) is 11.6 Å². The number of rotatable bonds is 7. The molecule has 0 aliphatic carbocycles. The van der Waals surface area contributed by atoms with E-state index >= 15 is 0 Å². The third-order valence-corrected chi connectivity index (χ3v) is 2.63. The number of nitrogens with one attached hydrogen (secondary N) is 1. The van der Waals surface area contributed by atoms with Crippen molar-refractivity contribution in [3.63, 3.8) is 0 Å². The van der Waals surface area contributed by atoms with Crippen molar-refractivity contribution in [3.05, 3.63) is 33.9 Å². The summed E-state index contributed by atoms with van der Waals surface area (Å²) in [5.74, 6) is -0.871. The quantitative estimate of drug-likeness (QED) is 0.289. The molecular formula is C12H16N4O4. The average Bonchev–Trinajstić information content (AvgIpc) is 2.37. The van der Waals surface area contributed by atoms with Gasteiger partial charge in [0.2, 0.25) is 5.91 Å². The summed E-state index contributed by atoms with van der Waals surface area (Å²) >= 11 is 0. The molecule has 8 nitrogen and oxygen atoms in total. The fourth-order valence-electron chi connectivity index (χ4n) is 1.58. The fourth-order valence-corrected chi connectivity index (χ4v) is 1.58. The highest BCUT2D eigenvalue weighted by Crippen LogP contribution is 2.19. The van der Waals surface area contributed by atoms with E-state index in [1.54, 1.807) is 0 Å². The van der Waals surface area contributed by atoms with Gasteiger partial charge < -0.3 is 16.8 Å². The van der Waals surface area contributed by atoms with Gasteiger partial charge >= 0.3 is 0 Å². The first-order valence-electron chi connectivity index (χ1n) is 6.02. The molecule has 108 valence electrons. The average molecular weight is 280 g/mol. The number of benzene rings is 1. The van der Waals surface area contributed by atoms with Gasteiger partial charge in [0, 0.05) is 30.8 Å². The van der Waals surface area contributed by atoms with Gasteiger partial charge in [0.15, 0.2) is 0 Å². The van der Waals surface area contributed by atoms with Crippen molar-refractivity contribution in [2.45, 2.75) is 19.3 Å². The number of nitrogens with two attached hydrogens (primary N) is 2. The number of nitro benzene ring substituents is 1. The molecule has 0 fully saturated rings. The lowest BCUT2D eigenvalue weighted by molar-refractivity contribution is -0.384. The number of nitrogens with zero attached hydrogens (tertiary/aromatic N) is 1. The van der Waals surface area contributed by atoms with Gasteiger partial charge in [-0.1, -0.05) is 0 Å². The van der Waals surface area contributed by atoms with Crippen LogP contribution in [0.4, 0.5) is 11.4 Å². The van der Waals surface area contributed by atoms with Crippen LogP contribution in [0.3, 0.4) is 0 Å². The molecule has 0 spiro atoms. The summed E-state index contributed by atoms with van der Waals surface area (Å²) in [6.45, 7) is 0.342. The summed E-state index contributed by atoms with van der Waals surface area (Å²) in [6, 6.07) is 3.69. The summed E-state index contributed by atoms with van der Waals surface area (Å²) in [4.78, 5) is 32.4. The molecule has 0 unspecified atom stereocenters. The number of unbranched alkanes of at least 4 members (excludes halogenated alkanes) is 1. The van der Waals surface area contributed by atoms with Gasteiger partial charge in [-0.3, -0.25) is 19.7 Å². The summed E-state index contributed by atoms with van der Waals surface area (Å²) in [6.07, 6.45) is 1.42. The van der Waals surface area contributed by atoms with Gasteiger partial charge in [-0.25, -0.2) is 0 Å². The molecule has 0 aromatic heterocycles. The number of nitrogen functional groups attached to an aromatic ring is 1. The molecule has 5 N–H and O–H groups in total. The Balaban J connectivity index is 2.57. The van der Waals surface area contributed by atoms with E-state index in [4.69, 9.17) is 11.5 Å². The number of carbonyl (C=O) groups excluding carboxylic acids is 2. The monoisotopic (exact) mass is 280 g/mol. The van der Waals surface area contributed by atoms with Crippen molar-refractivity contribution in [1.82, 2.24) is 5.32 Å². The molecule has 1 rings (SSSR count). The highest BCUT2D eigenvalue weighted by atomic mass is 16.6.